The zero-order chi connectivity index (χ0) is 27.5. The number of anilines is 1. The van der Waals surface area contributed by atoms with Crippen LogP contribution in [0, 0.1) is 0 Å². The summed E-state index contributed by atoms with van der Waals surface area (Å²) >= 11 is 0. The zero-order valence-electron chi connectivity index (χ0n) is 22.5. The van der Waals surface area contributed by atoms with E-state index in [1.165, 1.54) is 5.56 Å². The molecule has 40 heavy (non-hydrogen) atoms. The van der Waals surface area contributed by atoms with Gasteiger partial charge >= 0.3 is 0 Å². The highest BCUT2D eigenvalue weighted by Gasteiger charge is 2.13. The summed E-state index contributed by atoms with van der Waals surface area (Å²) in [6.07, 6.45) is 0. The first-order valence-corrected chi connectivity index (χ1v) is 13.0. The molecule has 8 heteroatoms. The Morgan fingerprint density at radius 2 is 0.825 bits per heavy atom. The second-order valence-electron chi connectivity index (χ2n) is 9.65. The molecule has 0 saturated carbocycles. The zero-order valence-corrected chi connectivity index (χ0v) is 22.5. The van der Waals surface area contributed by atoms with E-state index in [0.29, 0.717) is 23.6 Å². The highest BCUT2D eigenvalue weighted by molar-refractivity contribution is 5.70. The van der Waals surface area contributed by atoms with Crippen molar-refractivity contribution in [1.82, 2.24) is 25.7 Å². The van der Waals surface area contributed by atoms with Gasteiger partial charge in [0.25, 0.3) is 0 Å². The number of nitrogens with one attached hydrogen (secondary N) is 1. The van der Waals surface area contributed by atoms with E-state index < -0.39 is 0 Å². The van der Waals surface area contributed by atoms with E-state index in [1.54, 1.807) is 0 Å². The summed E-state index contributed by atoms with van der Waals surface area (Å²) in [4.78, 5) is 2.05. The summed E-state index contributed by atoms with van der Waals surface area (Å²) in [6, 6.07) is 32.2. The molecule has 0 bridgehead atoms. The lowest BCUT2D eigenvalue weighted by atomic mass is 10.0. The quantitative estimate of drug-likeness (QED) is 0.237. The summed E-state index contributed by atoms with van der Waals surface area (Å²) in [6.45, 7) is 0.814. The average Bonchev–Trinajstić information content (AvgIpc) is 3.69. The summed E-state index contributed by atoms with van der Waals surface area (Å²) in [5.41, 5.74) is 7.96. The molecular formula is C32H28N6O2. The van der Waals surface area contributed by atoms with Gasteiger partial charge in [-0.3, -0.25) is 0 Å². The maximum Gasteiger partial charge on any atom is 0.248 e. The van der Waals surface area contributed by atoms with Crippen LogP contribution in [0.15, 0.2) is 106 Å². The summed E-state index contributed by atoms with van der Waals surface area (Å²) in [7, 11) is 5.94. The van der Waals surface area contributed by atoms with Crippen molar-refractivity contribution in [2.24, 2.45) is 0 Å². The van der Waals surface area contributed by atoms with Crippen molar-refractivity contribution in [3.05, 3.63) is 103 Å². The largest absolute Gasteiger partial charge is 0.416 e. The highest BCUT2D eigenvalue weighted by Crippen LogP contribution is 2.30. The Morgan fingerprint density at radius 1 is 0.500 bits per heavy atom. The molecule has 198 valence electrons. The van der Waals surface area contributed by atoms with E-state index >= 15 is 0 Å². The molecule has 0 radical (unpaired) electrons. The molecule has 4 aromatic carbocycles. The standard InChI is InChI=1S/C32H28N6O2/c1-33-20-21-4-6-24(7-5-21)29-34-35-30(39-29)25-12-8-22(9-13-25)23-10-14-26(15-11-23)31-36-37-32(40-31)27-16-18-28(19-17-27)38(2)3/h4-19,33H,20H2,1-3H3. The molecule has 6 rings (SSSR count). The van der Waals surface area contributed by atoms with Gasteiger partial charge in [-0.05, 0) is 84.4 Å². The monoisotopic (exact) mass is 528 g/mol. The number of rotatable bonds is 8. The van der Waals surface area contributed by atoms with Gasteiger partial charge in [0.2, 0.25) is 23.6 Å². The average molecular weight is 529 g/mol. The molecule has 2 aromatic heterocycles. The Morgan fingerprint density at radius 3 is 1.18 bits per heavy atom. The fraction of sp³-hybridized carbons (Fsp3) is 0.125. The van der Waals surface area contributed by atoms with Crippen molar-refractivity contribution in [2.45, 2.75) is 6.54 Å². The SMILES string of the molecule is CNCc1ccc(-c2nnc(-c3ccc(-c4ccc(-c5nnc(-c6ccc(N(C)C)cc6)o5)cc4)cc3)o2)cc1. The first kappa shape index (κ1) is 25.2. The third-order valence-corrected chi connectivity index (χ3v) is 6.66. The lowest BCUT2D eigenvalue weighted by molar-refractivity contribution is 0.584. The van der Waals surface area contributed by atoms with Crippen molar-refractivity contribution in [1.29, 1.82) is 0 Å². The van der Waals surface area contributed by atoms with Crippen LogP contribution in [-0.4, -0.2) is 41.5 Å². The van der Waals surface area contributed by atoms with Crippen LogP contribution >= 0.6 is 0 Å². The molecular weight excluding hydrogens is 500 g/mol. The Bertz CT molecular complexity index is 1700. The van der Waals surface area contributed by atoms with Crippen LogP contribution in [0.5, 0.6) is 0 Å². The molecule has 0 atom stereocenters. The van der Waals surface area contributed by atoms with Gasteiger partial charge in [-0.15, -0.1) is 20.4 Å². The number of hydrogen-bond donors (Lipinski definition) is 1. The molecule has 0 amide bonds. The smallest absolute Gasteiger partial charge is 0.248 e. The van der Waals surface area contributed by atoms with Gasteiger partial charge in [-0.1, -0.05) is 36.4 Å². The molecule has 0 aliphatic carbocycles. The molecule has 1 N–H and O–H groups in total. The number of aromatic nitrogens is 4. The molecule has 2 heterocycles. The van der Waals surface area contributed by atoms with Crippen molar-refractivity contribution in [2.75, 3.05) is 26.0 Å². The third kappa shape index (κ3) is 5.25. The Labute approximate surface area is 232 Å². The molecule has 6 aromatic rings. The van der Waals surface area contributed by atoms with Crippen molar-refractivity contribution < 1.29 is 8.83 Å². The first-order chi connectivity index (χ1) is 19.6. The van der Waals surface area contributed by atoms with Gasteiger partial charge in [-0.25, -0.2) is 0 Å². The number of nitrogens with zero attached hydrogens (tertiary/aromatic N) is 5. The Hall–Kier alpha value is -5.08. The fourth-order valence-corrected chi connectivity index (χ4v) is 4.40. The maximum atomic E-state index is 5.96. The highest BCUT2D eigenvalue weighted by atomic mass is 16.4. The van der Waals surface area contributed by atoms with Crippen LogP contribution in [0.1, 0.15) is 5.56 Å². The normalized spacial score (nSPS) is 11.1. The van der Waals surface area contributed by atoms with Gasteiger partial charge < -0.3 is 19.1 Å². The van der Waals surface area contributed by atoms with Crippen molar-refractivity contribution in [3.63, 3.8) is 0 Å². The second kappa shape index (κ2) is 11.0. The van der Waals surface area contributed by atoms with Crippen LogP contribution in [0.4, 0.5) is 5.69 Å². The molecule has 0 saturated heterocycles. The van der Waals surface area contributed by atoms with E-state index in [0.717, 1.165) is 45.6 Å². The second-order valence-corrected chi connectivity index (χ2v) is 9.65. The minimum Gasteiger partial charge on any atom is -0.416 e. The van der Waals surface area contributed by atoms with E-state index in [2.05, 4.69) is 37.8 Å². The molecule has 0 aliphatic heterocycles. The van der Waals surface area contributed by atoms with Crippen LogP contribution in [-0.2, 0) is 6.54 Å². The number of hydrogen-bond acceptors (Lipinski definition) is 8. The Balaban J connectivity index is 1.14. The molecule has 0 unspecified atom stereocenters. The van der Waals surface area contributed by atoms with Gasteiger partial charge in [0.1, 0.15) is 0 Å². The summed E-state index contributed by atoms with van der Waals surface area (Å²) in [5, 5.41) is 20.1. The van der Waals surface area contributed by atoms with Crippen LogP contribution in [0.25, 0.3) is 56.9 Å². The summed E-state index contributed by atoms with van der Waals surface area (Å²) < 4.78 is 11.9. The lowest BCUT2D eigenvalue weighted by Gasteiger charge is -2.11. The van der Waals surface area contributed by atoms with Gasteiger partial charge in [0, 0.05) is 48.6 Å². The topological polar surface area (TPSA) is 93.1 Å². The minimum atomic E-state index is 0.484. The van der Waals surface area contributed by atoms with Crippen LogP contribution in [0.3, 0.4) is 0 Å². The van der Waals surface area contributed by atoms with E-state index in [4.69, 9.17) is 8.83 Å². The maximum absolute atomic E-state index is 5.96. The number of benzene rings is 4. The van der Waals surface area contributed by atoms with Gasteiger partial charge in [-0.2, -0.15) is 0 Å². The lowest BCUT2D eigenvalue weighted by Crippen LogP contribution is -2.07. The minimum absolute atomic E-state index is 0.484. The van der Waals surface area contributed by atoms with E-state index in [9.17, 15) is 0 Å². The summed E-state index contributed by atoms with van der Waals surface area (Å²) in [5.74, 6) is 1.97. The predicted octanol–water partition coefficient (Wildman–Crippen LogP) is 6.57. The molecule has 8 nitrogen and oxygen atoms in total. The van der Waals surface area contributed by atoms with Crippen molar-refractivity contribution in [3.8, 4) is 56.9 Å². The molecule has 0 spiro atoms. The molecule has 0 aliphatic rings. The Kier molecular flexibility index (Phi) is 6.91. The van der Waals surface area contributed by atoms with E-state index in [-0.39, 0.29) is 0 Å². The predicted molar refractivity (Wildman–Crippen MR) is 156 cm³/mol. The van der Waals surface area contributed by atoms with Gasteiger partial charge in [0.05, 0.1) is 0 Å². The fourth-order valence-electron chi connectivity index (χ4n) is 4.40. The third-order valence-electron chi connectivity index (χ3n) is 6.66. The van der Waals surface area contributed by atoms with Crippen LogP contribution < -0.4 is 10.2 Å². The van der Waals surface area contributed by atoms with E-state index in [1.807, 2.05) is 111 Å². The van der Waals surface area contributed by atoms with Crippen molar-refractivity contribution >= 4 is 5.69 Å². The van der Waals surface area contributed by atoms with Gasteiger partial charge in [0.15, 0.2) is 0 Å². The first-order valence-electron chi connectivity index (χ1n) is 13.0. The van der Waals surface area contributed by atoms with Crippen LogP contribution in [0.2, 0.25) is 0 Å². The molecule has 0 fully saturated rings.